The molecule has 240 valence electrons. The van der Waals surface area contributed by atoms with E-state index in [1.165, 1.54) is 0 Å². The van der Waals surface area contributed by atoms with Crippen LogP contribution in [-0.4, -0.2) is 57.4 Å². The van der Waals surface area contributed by atoms with Gasteiger partial charge in [0.25, 0.3) is 5.91 Å². The molecule has 4 amide bonds. The van der Waals surface area contributed by atoms with Crippen molar-refractivity contribution in [2.75, 3.05) is 0 Å². The van der Waals surface area contributed by atoms with Crippen molar-refractivity contribution in [3.63, 3.8) is 0 Å². The van der Waals surface area contributed by atoms with Crippen molar-refractivity contribution in [2.24, 2.45) is 17.6 Å². The number of carbonyl (C=O) groups excluding carboxylic acids is 4. The Labute approximate surface area is 264 Å². The molecule has 0 radical (unpaired) electrons. The van der Waals surface area contributed by atoms with Crippen LogP contribution >= 0.6 is 0 Å². The summed E-state index contributed by atoms with van der Waals surface area (Å²) in [6.07, 6.45) is 2.64. The van der Waals surface area contributed by atoms with Gasteiger partial charge in [0.15, 0.2) is 0 Å². The number of benzene rings is 2. The molecule has 0 spiro atoms. The van der Waals surface area contributed by atoms with Gasteiger partial charge in [-0.2, -0.15) is 0 Å². The second-order valence-corrected chi connectivity index (χ2v) is 13.1. The lowest BCUT2D eigenvalue weighted by Gasteiger charge is -2.36. The Hall–Kier alpha value is -4.31. The van der Waals surface area contributed by atoms with Crippen LogP contribution in [0.1, 0.15) is 75.3 Å². The number of para-hydroxylation sites is 1. The molecule has 0 saturated heterocycles. The van der Waals surface area contributed by atoms with Crippen molar-refractivity contribution in [2.45, 2.75) is 89.4 Å². The van der Waals surface area contributed by atoms with E-state index in [0.717, 1.165) is 36.6 Å². The minimum absolute atomic E-state index is 0.0189. The maximum atomic E-state index is 13.7. The molecule has 10 heteroatoms. The number of aromatic nitrogens is 1. The van der Waals surface area contributed by atoms with E-state index >= 15 is 0 Å². The van der Waals surface area contributed by atoms with Crippen LogP contribution in [0.3, 0.4) is 0 Å². The second-order valence-electron chi connectivity index (χ2n) is 13.1. The Morgan fingerprint density at radius 2 is 1.62 bits per heavy atom. The van der Waals surface area contributed by atoms with Crippen LogP contribution in [0, 0.1) is 11.8 Å². The van der Waals surface area contributed by atoms with E-state index < -0.39 is 42.3 Å². The first-order chi connectivity index (χ1) is 21.4. The molecule has 1 saturated carbocycles. The van der Waals surface area contributed by atoms with Gasteiger partial charge >= 0.3 is 0 Å². The zero-order valence-corrected chi connectivity index (χ0v) is 26.3. The highest BCUT2D eigenvalue weighted by atomic mass is 16.3. The molecule has 1 heterocycles. The minimum Gasteiger partial charge on any atom is -0.391 e. The summed E-state index contributed by atoms with van der Waals surface area (Å²) in [5.41, 5.74) is 6.70. The van der Waals surface area contributed by atoms with E-state index in [-0.39, 0.29) is 29.0 Å². The first-order valence-corrected chi connectivity index (χ1v) is 15.7. The highest BCUT2D eigenvalue weighted by Gasteiger charge is 2.36. The third-order valence-corrected chi connectivity index (χ3v) is 8.24. The summed E-state index contributed by atoms with van der Waals surface area (Å²) in [4.78, 5) is 56.4. The number of nitrogens with zero attached hydrogens (tertiary/aromatic N) is 1. The van der Waals surface area contributed by atoms with Crippen molar-refractivity contribution >= 4 is 34.5 Å². The standard InChI is InChI=1S/C35H45N5O5/c1-35(2,3)40-32(43)25-15-9-7-14-24(25)20-30(41)28(19-22-11-5-4-6-12-22)38-34(45)29(21-31(36)42)39-33(44)27-18-17-23-13-8-10-16-26(23)37-27/h4-6,8,10-13,16-18,24-25,28-30,41H,7,9,14-15,19-21H2,1-3H3,(H2,36,42)(H,38,45)(H,39,44)(H,40,43)/t24-,25+,28-,29-,30+/m0/s1. The molecule has 6 N–H and O–H groups in total. The Bertz CT molecular complexity index is 1490. The maximum absolute atomic E-state index is 13.7. The van der Waals surface area contributed by atoms with Crippen LogP contribution in [0.4, 0.5) is 0 Å². The number of amides is 4. The van der Waals surface area contributed by atoms with Crippen molar-refractivity contribution < 1.29 is 24.3 Å². The van der Waals surface area contributed by atoms with Gasteiger partial charge in [-0.1, -0.05) is 67.4 Å². The Morgan fingerprint density at radius 1 is 0.933 bits per heavy atom. The Kier molecular flexibility index (Phi) is 11.3. The van der Waals surface area contributed by atoms with E-state index in [1.807, 2.05) is 69.3 Å². The number of primary amides is 1. The molecular weight excluding hydrogens is 570 g/mol. The van der Waals surface area contributed by atoms with E-state index in [0.29, 0.717) is 18.4 Å². The molecule has 1 fully saturated rings. The predicted octanol–water partition coefficient (Wildman–Crippen LogP) is 3.41. The number of nitrogens with one attached hydrogen (secondary N) is 3. The average molecular weight is 616 g/mol. The van der Waals surface area contributed by atoms with Gasteiger partial charge < -0.3 is 26.8 Å². The lowest BCUT2D eigenvalue weighted by molar-refractivity contribution is -0.130. The minimum atomic E-state index is -1.28. The molecule has 2 aromatic carbocycles. The zero-order valence-electron chi connectivity index (χ0n) is 26.3. The number of rotatable bonds is 12. The Balaban J connectivity index is 1.52. The highest BCUT2D eigenvalue weighted by Crippen LogP contribution is 2.34. The topological polar surface area (TPSA) is 164 Å². The van der Waals surface area contributed by atoms with E-state index in [9.17, 15) is 24.3 Å². The normalized spacial score (nSPS) is 18.8. The molecule has 1 aliphatic rings. The number of aliphatic hydroxyl groups excluding tert-OH is 1. The maximum Gasteiger partial charge on any atom is 0.270 e. The highest BCUT2D eigenvalue weighted by molar-refractivity contribution is 5.99. The molecule has 1 aliphatic carbocycles. The smallest absolute Gasteiger partial charge is 0.270 e. The number of aliphatic hydroxyl groups is 1. The molecule has 0 bridgehead atoms. The fourth-order valence-corrected chi connectivity index (χ4v) is 6.04. The third-order valence-electron chi connectivity index (χ3n) is 8.24. The first kappa shape index (κ1) is 33.6. The van der Waals surface area contributed by atoms with Gasteiger partial charge in [-0.25, -0.2) is 4.98 Å². The number of nitrogens with two attached hydrogens (primary N) is 1. The van der Waals surface area contributed by atoms with E-state index in [1.54, 1.807) is 18.2 Å². The predicted molar refractivity (Wildman–Crippen MR) is 173 cm³/mol. The fraction of sp³-hybridized carbons (Fsp3) is 0.457. The summed E-state index contributed by atoms with van der Waals surface area (Å²) >= 11 is 0. The molecule has 0 unspecified atom stereocenters. The van der Waals surface area contributed by atoms with Crippen molar-refractivity contribution in [1.82, 2.24) is 20.9 Å². The molecular formula is C35H45N5O5. The number of hydrogen-bond acceptors (Lipinski definition) is 6. The quantitative estimate of drug-likeness (QED) is 0.210. The Morgan fingerprint density at radius 3 is 2.33 bits per heavy atom. The number of hydrogen-bond donors (Lipinski definition) is 5. The largest absolute Gasteiger partial charge is 0.391 e. The third kappa shape index (κ3) is 9.84. The van der Waals surface area contributed by atoms with Gasteiger partial charge in [0, 0.05) is 16.8 Å². The average Bonchev–Trinajstić information content (AvgIpc) is 2.99. The molecule has 3 aromatic rings. The van der Waals surface area contributed by atoms with Gasteiger partial charge in [0.05, 0.1) is 24.1 Å². The fourth-order valence-electron chi connectivity index (χ4n) is 6.04. The number of fused-ring (bicyclic) bond motifs is 1. The summed E-state index contributed by atoms with van der Waals surface area (Å²) in [6, 6.07) is 18.0. The summed E-state index contributed by atoms with van der Waals surface area (Å²) in [5.74, 6) is -2.36. The van der Waals surface area contributed by atoms with Gasteiger partial charge in [0.1, 0.15) is 11.7 Å². The van der Waals surface area contributed by atoms with Crippen molar-refractivity contribution in [1.29, 1.82) is 0 Å². The first-order valence-electron chi connectivity index (χ1n) is 15.7. The lowest BCUT2D eigenvalue weighted by atomic mass is 9.74. The summed E-state index contributed by atoms with van der Waals surface area (Å²) < 4.78 is 0. The van der Waals surface area contributed by atoms with Crippen LogP contribution in [0.5, 0.6) is 0 Å². The van der Waals surface area contributed by atoms with Crippen LogP contribution in [0.15, 0.2) is 66.7 Å². The van der Waals surface area contributed by atoms with E-state index in [2.05, 4.69) is 20.9 Å². The SMILES string of the molecule is CC(C)(C)NC(=O)[C@@H]1CCCC[C@H]1C[C@@H](O)[C@H](Cc1ccccc1)NC(=O)[C@H](CC(N)=O)NC(=O)c1ccc2ccccc2n1. The monoisotopic (exact) mass is 615 g/mol. The summed E-state index contributed by atoms with van der Waals surface area (Å²) in [5, 5.41) is 21.0. The second kappa shape index (κ2) is 15.1. The van der Waals surface area contributed by atoms with Crippen molar-refractivity contribution in [3.8, 4) is 0 Å². The molecule has 10 nitrogen and oxygen atoms in total. The lowest BCUT2D eigenvalue weighted by Crippen LogP contribution is -2.54. The summed E-state index contributed by atoms with van der Waals surface area (Å²) in [7, 11) is 0. The van der Waals surface area contributed by atoms with Crippen molar-refractivity contribution in [3.05, 3.63) is 78.0 Å². The van der Waals surface area contributed by atoms with E-state index in [4.69, 9.17) is 5.73 Å². The molecule has 5 atom stereocenters. The number of pyridine rings is 1. The summed E-state index contributed by atoms with van der Waals surface area (Å²) in [6.45, 7) is 5.83. The van der Waals surface area contributed by atoms with Gasteiger partial charge in [-0.15, -0.1) is 0 Å². The van der Waals surface area contributed by atoms with Gasteiger partial charge in [0.2, 0.25) is 17.7 Å². The van der Waals surface area contributed by atoms with Gasteiger partial charge in [-0.05, 0) is 70.1 Å². The zero-order chi connectivity index (χ0) is 32.6. The van der Waals surface area contributed by atoms with Crippen LogP contribution < -0.4 is 21.7 Å². The molecule has 4 rings (SSSR count). The van der Waals surface area contributed by atoms with Crippen LogP contribution in [0.2, 0.25) is 0 Å². The molecule has 45 heavy (non-hydrogen) atoms. The molecule has 0 aliphatic heterocycles. The number of carbonyl (C=O) groups is 4. The molecule has 1 aromatic heterocycles. The van der Waals surface area contributed by atoms with Crippen LogP contribution in [-0.2, 0) is 20.8 Å². The van der Waals surface area contributed by atoms with Crippen LogP contribution in [0.25, 0.3) is 10.9 Å². The van der Waals surface area contributed by atoms with Gasteiger partial charge in [-0.3, -0.25) is 19.2 Å².